The van der Waals surface area contributed by atoms with Crippen molar-refractivity contribution in [3.8, 4) is 0 Å². The van der Waals surface area contributed by atoms with Gasteiger partial charge in [0.15, 0.2) is 0 Å². The largest absolute Gasteiger partial charge is 0.465 e. The van der Waals surface area contributed by atoms with Crippen LogP contribution in [0.1, 0.15) is 40.5 Å². The number of carbonyl (C=O) groups is 2. The van der Waals surface area contributed by atoms with Gasteiger partial charge in [-0.05, 0) is 40.5 Å². The van der Waals surface area contributed by atoms with Crippen LogP contribution in [-0.2, 0) is 19.1 Å². The Morgan fingerprint density at radius 2 is 1.89 bits per heavy atom. The average Bonchev–Trinajstić information content (AvgIpc) is 3.06. The van der Waals surface area contributed by atoms with Crippen LogP contribution in [0.2, 0.25) is 0 Å². The van der Waals surface area contributed by atoms with Gasteiger partial charge in [-0.2, -0.15) is 0 Å². The van der Waals surface area contributed by atoms with Crippen LogP contribution in [0.25, 0.3) is 0 Å². The normalized spacial score (nSPS) is 15.3. The maximum Gasteiger partial charge on any atom is 0.325 e. The Morgan fingerprint density at radius 1 is 1.28 bits per heavy atom. The van der Waals surface area contributed by atoms with Crippen LogP contribution in [0.15, 0.2) is 0 Å². The molecule has 104 valence electrons. The summed E-state index contributed by atoms with van der Waals surface area (Å²) in [6.45, 7) is 7.82. The molecule has 0 heterocycles. The highest BCUT2D eigenvalue weighted by atomic mass is 16.5. The zero-order valence-electron chi connectivity index (χ0n) is 11.7. The second-order valence-electron chi connectivity index (χ2n) is 5.46. The summed E-state index contributed by atoms with van der Waals surface area (Å²) in [5.41, 5.74) is -0.352. The van der Waals surface area contributed by atoms with Gasteiger partial charge < -0.3 is 14.4 Å². The maximum absolute atomic E-state index is 12.0. The van der Waals surface area contributed by atoms with E-state index in [1.165, 1.54) is 0 Å². The van der Waals surface area contributed by atoms with Crippen molar-refractivity contribution in [2.75, 3.05) is 19.8 Å². The van der Waals surface area contributed by atoms with E-state index in [0.29, 0.717) is 6.61 Å². The Balaban J connectivity index is 2.46. The topological polar surface area (TPSA) is 55.8 Å². The molecule has 5 heteroatoms. The van der Waals surface area contributed by atoms with E-state index < -0.39 is 0 Å². The fourth-order valence-electron chi connectivity index (χ4n) is 1.51. The minimum atomic E-state index is -0.353. The molecule has 1 amide bonds. The summed E-state index contributed by atoms with van der Waals surface area (Å²) < 4.78 is 10.3. The van der Waals surface area contributed by atoms with Gasteiger partial charge in [-0.1, -0.05) is 0 Å². The third kappa shape index (κ3) is 5.49. The first-order chi connectivity index (χ1) is 8.33. The van der Waals surface area contributed by atoms with Crippen molar-refractivity contribution in [3.63, 3.8) is 0 Å². The van der Waals surface area contributed by atoms with E-state index in [4.69, 9.17) is 9.47 Å². The summed E-state index contributed by atoms with van der Waals surface area (Å²) in [7, 11) is 0. The van der Waals surface area contributed by atoms with E-state index in [1.54, 1.807) is 11.8 Å². The summed E-state index contributed by atoms with van der Waals surface area (Å²) in [5, 5.41) is 0. The highest BCUT2D eigenvalue weighted by Crippen LogP contribution is 2.27. The molecule has 1 aliphatic carbocycles. The third-order valence-electron chi connectivity index (χ3n) is 2.54. The van der Waals surface area contributed by atoms with E-state index in [1.807, 2.05) is 20.8 Å². The van der Waals surface area contributed by atoms with E-state index in [-0.39, 0.29) is 36.7 Å². The van der Waals surface area contributed by atoms with Gasteiger partial charge in [0.25, 0.3) is 0 Å². The molecule has 0 N–H and O–H groups in total. The Labute approximate surface area is 108 Å². The first-order valence-corrected chi connectivity index (χ1v) is 6.42. The molecule has 0 unspecified atom stereocenters. The molecule has 0 aromatic rings. The van der Waals surface area contributed by atoms with Crippen LogP contribution in [0, 0.1) is 0 Å². The number of nitrogens with zero attached hydrogens (tertiary/aromatic N) is 1. The number of hydrogen-bond acceptors (Lipinski definition) is 4. The Hall–Kier alpha value is -1.10. The fourth-order valence-corrected chi connectivity index (χ4v) is 1.51. The number of amides is 1. The fraction of sp³-hybridized carbons (Fsp3) is 0.846. The van der Waals surface area contributed by atoms with Gasteiger partial charge >= 0.3 is 5.97 Å². The van der Waals surface area contributed by atoms with Gasteiger partial charge in [-0.3, -0.25) is 9.59 Å². The smallest absolute Gasteiger partial charge is 0.325 e. The standard InChI is InChI=1S/C13H23NO4/c1-5-17-12(16)8-14(10-6-7-10)11(15)9-18-13(2,3)4/h10H,5-9H2,1-4H3. The molecule has 0 aliphatic heterocycles. The molecule has 0 radical (unpaired) electrons. The molecule has 0 spiro atoms. The number of hydrogen-bond donors (Lipinski definition) is 0. The Morgan fingerprint density at radius 3 is 2.33 bits per heavy atom. The predicted octanol–water partition coefficient (Wildman–Crippen LogP) is 1.36. The van der Waals surface area contributed by atoms with Crippen molar-refractivity contribution in [2.45, 2.75) is 52.2 Å². The minimum absolute atomic E-state index is 0.0133. The number of carbonyl (C=O) groups excluding carboxylic acids is 2. The van der Waals surface area contributed by atoms with Crippen LogP contribution >= 0.6 is 0 Å². The van der Waals surface area contributed by atoms with Gasteiger partial charge in [0, 0.05) is 6.04 Å². The second-order valence-corrected chi connectivity index (χ2v) is 5.46. The van der Waals surface area contributed by atoms with Crippen LogP contribution in [0.5, 0.6) is 0 Å². The van der Waals surface area contributed by atoms with Crippen molar-refractivity contribution < 1.29 is 19.1 Å². The first kappa shape index (κ1) is 15.0. The lowest BCUT2D eigenvalue weighted by atomic mass is 10.2. The highest BCUT2D eigenvalue weighted by molar-refractivity contribution is 5.83. The molecular weight excluding hydrogens is 234 g/mol. The quantitative estimate of drug-likeness (QED) is 0.674. The first-order valence-electron chi connectivity index (χ1n) is 6.42. The molecule has 0 aromatic heterocycles. The lowest BCUT2D eigenvalue weighted by molar-refractivity contribution is -0.152. The predicted molar refractivity (Wildman–Crippen MR) is 67.1 cm³/mol. The van der Waals surface area contributed by atoms with Crippen LogP contribution in [-0.4, -0.2) is 48.2 Å². The van der Waals surface area contributed by atoms with Gasteiger partial charge in [-0.25, -0.2) is 0 Å². The van der Waals surface area contributed by atoms with Gasteiger partial charge in [0.05, 0.1) is 12.2 Å². The number of ether oxygens (including phenoxy) is 2. The lowest BCUT2D eigenvalue weighted by Gasteiger charge is -2.24. The molecule has 1 fully saturated rings. The Kier molecular flexibility index (Phi) is 5.14. The molecule has 0 atom stereocenters. The van der Waals surface area contributed by atoms with Crippen molar-refractivity contribution >= 4 is 11.9 Å². The lowest BCUT2D eigenvalue weighted by Crippen LogP contribution is -2.41. The van der Waals surface area contributed by atoms with Crippen molar-refractivity contribution in [2.24, 2.45) is 0 Å². The number of esters is 1. The molecule has 0 bridgehead atoms. The Bertz CT molecular complexity index is 305. The third-order valence-corrected chi connectivity index (χ3v) is 2.54. The van der Waals surface area contributed by atoms with Crippen molar-refractivity contribution in [3.05, 3.63) is 0 Å². The van der Waals surface area contributed by atoms with Crippen LogP contribution < -0.4 is 0 Å². The SMILES string of the molecule is CCOC(=O)CN(C(=O)COC(C)(C)C)C1CC1. The molecule has 1 aliphatic rings. The summed E-state index contributed by atoms with van der Waals surface area (Å²) >= 11 is 0. The summed E-state index contributed by atoms with van der Waals surface area (Å²) in [6.07, 6.45) is 1.92. The number of rotatable bonds is 6. The minimum Gasteiger partial charge on any atom is -0.465 e. The van der Waals surface area contributed by atoms with Gasteiger partial charge in [0.1, 0.15) is 13.2 Å². The van der Waals surface area contributed by atoms with E-state index in [2.05, 4.69) is 0 Å². The highest BCUT2D eigenvalue weighted by Gasteiger charge is 2.34. The van der Waals surface area contributed by atoms with Gasteiger partial charge in [0.2, 0.25) is 5.91 Å². The van der Waals surface area contributed by atoms with Gasteiger partial charge in [-0.15, -0.1) is 0 Å². The zero-order chi connectivity index (χ0) is 13.8. The van der Waals surface area contributed by atoms with Crippen LogP contribution in [0.3, 0.4) is 0 Å². The zero-order valence-corrected chi connectivity index (χ0v) is 11.7. The van der Waals surface area contributed by atoms with E-state index >= 15 is 0 Å². The maximum atomic E-state index is 12.0. The molecule has 1 saturated carbocycles. The van der Waals surface area contributed by atoms with E-state index in [9.17, 15) is 9.59 Å². The monoisotopic (exact) mass is 257 g/mol. The van der Waals surface area contributed by atoms with Crippen molar-refractivity contribution in [1.29, 1.82) is 0 Å². The molecule has 18 heavy (non-hydrogen) atoms. The molecule has 1 rings (SSSR count). The molecular formula is C13H23NO4. The summed E-state index contributed by atoms with van der Waals surface area (Å²) in [4.78, 5) is 25.0. The summed E-state index contributed by atoms with van der Waals surface area (Å²) in [5.74, 6) is -0.492. The average molecular weight is 257 g/mol. The molecule has 0 aromatic carbocycles. The molecule has 0 saturated heterocycles. The van der Waals surface area contributed by atoms with Crippen molar-refractivity contribution in [1.82, 2.24) is 4.90 Å². The second kappa shape index (κ2) is 6.18. The molecule has 5 nitrogen and oxygen atoms in total. The van der Waals surface area contributed by atoms with Crippen LogP contribution in [0.4, 0.5) is 0 Å². The van der Waals surface area contributed by atoms with E-state index in [0.717, 1.165) is 12.8 Å². The summed E-state index contributed by atoms with van der Waals surface area (Å²) in [6, 6.07) is 0.186.